The van der Waals surface area contributed by atoms with E-state index in [-0.39, 0.29) is 11.7 Å². The maximum Gasteiger partial charge on any atom is 0.272 e. The van der Waals surface area contributed by atoms with E-state index in [1.807, 2.05) is 6.92 Å². The number of nitrogens with one attached hydrogen (secondary N) is 2. The number of nitrogens with zero attached hydrogens (tertiary/aromatic N) is 2. The second-order valence-electron chi connectivity index (χ2n) is 5.95. The number of aromatic amines is 1. The number of Topliss-reactive ketones (excluding diaryl/α,β-unsaturated/α-hetero) is 1. The number of hydrogen-bond donors (Lipinski definition) is 2. The molecule has 1 amide bonds. The number of anilines is 1. The van der Waals surface area contributed by atoms with Crippen LogP contribution in [-0.4, -0.2) is 26.5 Å². The molecule has 7 heteroatoms. The van der Waals surface area contributed by atoms with E-state index in [2.05, 4.69) is 15.4 Å². The molecule has 0 fully saturated rings. The summed E-state index contributed by atoms with van der Waals surface area (Å²) >= 11 is 6.10. The van der Waals surface area contributed by atoms with Crippen molar-refractivity contribution in [2.24, 2.45) is 0 Å². The Morgan fingerprint density at radius 1 is 1.35 bits per heavy atom. The van der Waals surface area contributed by atoms with E-state index in [0.29, 0.717) is 39.8 Å². The predicted molar refractivity (Wildman–Crippen MR) is 101 cm³/mol. The largest absolute Gasteiger partial charge is 0.354 e. The summed E-state index contributed by atoms with van der Waals surface area (Å²) in [5, 5.41) is 7.58. The SMILES string of the molecule is CCc1c(C(=O)Nc2cc(Cl)ccc2-n2cccn2)[nH]c(C)c1C(C)=O. The first-order chi connectivity index (χ1) is 12.4. The summed E-state index contributed by atoms with van der Waals surface area (Å²) in [5.74, 6) is -0.386. The number of rotatable bonds is 5. The maximum absolute atomic E-state index is 12.9. The van der Waals surface area contributed by atoms with Crippen LogP contribution in [0, 0.1) is 6.92 Å². The van der Waals surface area contributed by atoms with Crippen molar-refractivity contribution in [1.82, 2.24) is 14.8 Å². The summed E-state index contributed by atoms with van der Waals surface area (Å²) in [6.07, 6.45) is 4.01. The van der Waals surface area contributed by atoms with Crippen molar-refractivity contribution >= 4 is 29.0 Å². The number of aryl methyl sites for hydroxylation is 1. The molecule has 3 aromatic rings. The van der Waals surface area contributed by atoms with Crippen molar-refractivity contribution < 1.29 is 9.59 Å². The Kier molecular flexibility index (Phi) is 4.95. The average molecular weight is 371 g/mol. The molecule has 1 aromatic carbocycles. The lowest BCUT2D eigenvalue weighted by Crippen LogP contribution is -2.16. The molecule has 0 unspecified atom stereocenters. The Hall–Kier alpha value is -2.86. The summed E-state index contributed by atoms with van der Waals surface area (Å²) < 4.78 is 1.65. The number of carbonyl (C=O) groups excluding carboxylic acids is 2. The Morgan fingerprint density at radius 2 is 2.12 bits per heavy atom. The van der Waals surface area contributed by atoms with Crippen LogP contribution in [0.3, 0.4) is 0 Å². The molecule has 0 atom stereocenters. The highest BCUT2D eigenvalue weighted by molar-refractivity contribution is 6.31. The van der Waals surface area contributed by atoms with Crippen LogP contribution in [0.15, 0.2) is 36.7 Å². The van der Waals surface area contributed by atoms with Gasteiger partial charge < -0.3 is 10.3 Å². The van der Waals surface area contributed by atoms with Crippen molar-refractivity contribution in [1.29, 1.82) is 0 Å². The first kappa shape index (κ1) is 17.9. The second-order valence-corrected chi connectivity index (χ2v) is 6.39. The fraction of sp³-hybridized carbons (Fsp3) is 0.211. The molecule has 2 N–H and O–H groups in total. The quantitative estimate of drug-likeness (QED) is 0.661. The van der Waals surface area contributed by atoms with Crippen molar-refractivity contribution in [3.8, 4) is 5.69 Å². The minimum atomic E-state index is -0.326. The highest BCUT2D eigenvalue weighted by Crippen LogP contribution is 2.26. The molecule has 0 aliphatic rings. The predicted octanol–water partition coefficient (Wildman–Crippen LogP) is 4.18. The number of ketones is 1. The van der Waals surface area contributed by atoms with Crippen LogP contribution in [0.1, 0.15) is 46.0 Å². The van der Waals surface area contributed by atoms with Gasteiger partial charge in [0.15, 0.2) is 5.78 Å². The van der Waals surface area contributed by atoms with Crippen molar-refractivity contribution in [3.05, 3.63) is 64.2 Å². The average Bonchev–Trinajstić information content (AvgIpc) is 3.22. The van der Waals surface area contributed by atoms with Gasteiger partial charge in [-0.05, 0) is 50.1 Å². The van der Waals surface area contributed by atoms with Gasteiger partial charge in [0.25, 0.3) is 5.91 Å². The van der Waals surface area contributed by atoms with E-state index in [9.17, 15) is 9.59 Å². The van der Waals surface area contributed by atoms with E-state index in [1.165, 1.54) is 6.92 Å². The summed E-state index contributed by atoms with van der Waals surface area (Å²) in [4.78, 5) is 27.8. The molecule has 0 radical (unpaired) electrons. The smallest absolute Gasteiger partial charge is 0.272 e. The van der Waals surface area contributed by atoms with Gasteiger partial charge in [0.05, 0.1) is 11.4 Å². The third-order valence-electron chi connectivity index (χ3n) is 4.18. The summed E-state index contributed by atoms with van der Waals surface area (Å²) in [6.45, 7) is 5.21. The molecule has 2 heterocycles. The van der Waals surface area contributed by atoms with Crippen LogP contribution in [0.2, 0.25) is 5.02 Å². The number of carbonyl (C=O) groups is 2. The highest BCUT2D eigenvalue weighted by Gasteiger charge is 2.22. The van der Waals surface area contributed by atoms with Crippen LogP contribution >= 0.6 is 11.6 Å². The molecular formula is C19H19ClN4O2. The molecule has 26 heavy (non-hydrogen) atoms. The van der Waals surface area contributed by atoms with Crippen LogP contribution in [0.25, 0.3) is 5.69 Å². The van der Waals surface area contributed by atoms with Gasteiger partial charge in [-0.2, -0.15) is 5.10 Å². The zero-order valence-corrected chi connectivity index (χ0v) is 15.5. The molecule has 3 rings (SSSR count). The molecule has 6 nitrogen and oxygen atoms in total. The first-order valence-electron chi connectivity index (χ1n) is 8.25. The lowest BCUT2D eigenvalue weighted by Gasteiger charge is -2.12. The Bertz CT molecular complexity index is 974. The van der Waals surface area contributed by atoms with Crippen LogP contribution < -0.4 is 5.32 Å². The van der Waals surface area contributed by atoms with Gasteiger partial charge in [-0.25, -0.2) is 4.68 Å². The molecular weight excluding hydrogens is 352 g/mol. The molecule has 0 bridgehead atoms. The number of halogens is 1. The van der Waals surface area contributed by atoms with Crippen LogP contribution in [0.5, 0.6) is 0 Å². The summed E-state index contributed by atoms with van der Waals surface area (Å²) in [6, 6.07) is 6.98. The molecule has 0 saturated heterocycles. The van der Waals surface area contributed by atoms with Crippen molar-refractivity contribution in [3.63, 3.8) is 0 Å². The zero-order valence-electron chi connectivity index (χ0n) is 14.8. The number of benzene rings is 1. The lowest BCUT2D eigenvalue weighted by molar-refractivity contribution is 0.101. The maximum atomic E-state index is 12.9. The van der Waals surface area contributed by atoms with E-state index < -0.39 is 0 Å². The van der Waals surface area contributed by atoms with Crippen molar-refractivity contribution in [2.45, 2.75) is 27.2 Å². The standard InChI is InChI=1S/C19H19ClN4O2/c1-4-14-17(12(3)25)11(2)22-18(14)19(26)23-15-10-13(20)6-7-16(15)24-9-5-8-21-24/h5-10,22H,4H2,1-3H3,(H,23,26). The molecule has 0 aliphatic heterocycles. The monoisotopic (exact) mass is 370 g/mol. The van der Waals surface area contributed by atoms with Crippen LogP contribution in [0.4, 0.5) is 5.69 Å². The Labute approximate surface area is 156 Å². The van der Waals surface area contributed by atoms with Gasteiger partial charge in [0.2, 0.25) is 0 Å². The second kappa shape index (κ2) is 7.17. The normalized spacial score (nSPS) is 10.8. The molecule has 134 valence electrons. The minimum Gasteiger partial charge on any atom is -0.354 e. The van der Waals surface area contributed by atoms with Gasteiger partial charge in [-0.3, -0.25) is 9.59 Å². The Morgan fingerprint density at radius 3 is 2.73 bits per heavy atom. The Balaban J connectivity index is 2.01. The first-order valence-corrected chi connectivity index (χ1v) is 8.63. The lowest BCUT2D eigenvalue weighted by atomic mass is 10.0. The van der Waals surface area contributed by atoms with E-state index in [1.54, 1.807) is 48.3 Å². The van der Waals surface area contributed by atoms with E-state index in [4.69, 9.17) is 11.6 Å². The number of amides is 1. The van der Waals surface area contributed by atoms with Gasteiger partial charge in [0, 0.05) is 28.7 Å². The summed E-state index contributed by atoms with van der Waals surface area (Å²) in [7, 11) is 0. The minimum absolute atomic E-state index is 0.0605. The number of aromatic nitrogens is 3. The van der Waals surface area contributed by atoms with E-state index >= 15 is 0 Å². The van der Waals surface area contributed by atoms with E-state index in [0.717, 1.165) is 5.56 Å². The molecule has 0 spiro atoms. The van der Waals surface area contributed by atoms with Gasteiger partial charge in [0.1, 0.15) is 5.69 Å². The fourth-order valence-electron chi connectivity index (χ4n) is 3.10. The number of hydrogen-bond acceptors (Lipinski definition) is 3. The summed E-state index contributed by atoms with van der Waals surface area (Å²) in [5.41, 5.74) is 3.61. The third-order valence-corrected chi connectivity index (χ3v) is 4.42. The van der Waals surface area contributed by atoms with Gasteiger partial charge >= 0.3 is 0 Å². The fourth-order valence-corrected chi connectivity index (χ4v) is 3.28. The number of H-pyrrole nitrogens is 1. The molecule has 0 aliphatic carbocycles. The van der Waals surface area contributed by atoms with Gasteiger partial charge in [-0.1, -0.05) is 18.5 Å². The molecule has 2 aromatic heterocycles. The third kappa shape index (κ3) is 3.28. The van der Waals surface area contributed by atoms with Gasteiger partial charge in [-0.15, -0.1) is 0 Å². The molecule has 0 saturated carbocycles. The zero-order chi connectivity index (χ0) is 18.8. The van der Waals surface area contributed by atoms with Crippen LogP contribution in [-0.2, 0) is 6.42 Å². The highest BCUT2D eigenvalue weighted by atomic mass is 35.5. The topological polar surface area (TPSA) is 79.8 Å². The van der Waals surface area contributed by atoms with Crippen molar-refractivity contribution in [2.75, 3.05) is 5.32 Å².